The highest BCUT2D eigenvalue weighted by Gasteiger charge is 2.40. The van der Waals surface area contributed by atoms with E-state index >= 15 is 0 Å². The normalized spacial score (nSPS) is 22.6. The smallest absolute Gasteiger partial charge is 0.198 e. The Kier molecular flexibility index (Phi) is 1.46. The van der Waals surface area contributed by atoms with Crippen LogP contribution in [0.1, 0.15) is 43.1 Å². The quantitative estimate of drug-likeness (QED) is 0.836. The van der Waals surface area contributed by atoms with Crippen LogP contribution in [-0.4, -0.2) is 4.98 Å². The van der Waals surface area contributed by atoms with E-state index < -0.39 is 0 Å². The first-order chi connectivity index (χ1) is 7.74. The van der Waals surface area contributed by atoms with Gasteiger partial charge >= 0.3 is 0 Å². The summed E-state index contributed by atoms with van der Waals surface area (Å²) in [5.41, 5.74) is 9.17. The zero-order valence-electron chi connectivity index (χ0n) is 9.07. The summed E-state index contributed by atoms with van der Waals surface area (Å²) in [7, 11) is 0. The molecule has 0 saturated heterocycles. The topological polar surface area (TPSA) is 52.0 Å². The van der Waals surface area contributed by atoms with Crippen molar-refractivity contribution < 1.29 is 4.42 Å². The molecule has 0 radical (unpaired) electrons. The zero-order valence-corrected chi connectivity index (χ0v) is 9.07. The summed E-state index contributed by atoms with van der Waals surface area (Å²) >= 11 is 0. The van der Waals surface area contributed by atoms with E-state index in [0.29, 0.717) is 5.92 Å². The fraction of sp³-hybridized carbons (Fsp3) is 0.462. The molecule has 3 heteroatoms. The number of benzene rings is 1. The number of rotatable bonds is 2. The second kappa shape index (κ2) is 2.66. The van der Waals surface area contributed by atoms with Gasteiger partial charge in [0.1, 0.15) is 5.52 Å². The van der Waals surface area contributed by atoms with Crippen molar-refractivity contribution in [2.24, 2.45) is 5.73 Å². The number of hydrogen-bond acceptors (Lipinski definition) is 3. The molecule has 2 aliphatic rings. The second-order valence-electron chi connectivity index (χ2n) is 5.17. The van der Waals surface area contributed by atoms with E-state index in [1.165, 1.54) is 18.4 Å². The van der Waals surface area contributed by atoms with Crippen LogP contribution < -0.4 is 5.73 Å². The van der Waals surface area contributed by atoms with E-state index in [9.17, 15) is 0 Å². The Labute approximate surface area is 93.6 Å². The lowest BCUT2D eigenvalue weighted by molar-refractivity contribution is 0.533. The predicted octanol–water partition coefficient (Wildman–Crippen LogP) is 2.65. The molecule has 1 aromatic carbocycles. The summed E-state index contributed by atoms with van der Waals surface area (Å²) in [6.45, 7) is 0. The van der Waals surface area contributed by atoms with Crippen LogP contribution in [0.5, 0.6) is 0 Å². The molecule has 2 saturated carbocycles. The average Bonchev–Trinajstić information content (AvgIpc) is 3.19. The first kappa shape index (κ1) is 8.76. The fourth-order valence-electron chi connectivity index (χ4n) is 2.18. The number of hydrogen-bond donors (Lipinski definition) is 1. The summed E-state index contributed by atoms with van der Waals surface area (Å²) in [6, 6.07) is 6.19. The van der Waals surface area contributed by atoms with Crippen LogP contribution in [0.2, 0.25) is 0 Å². The summed E-state index contributed by atoms with van der Waals surface area (Å²) in [5.74, 6) is 1.48. The van der Waals surface area contributed by atoms with Crippen molar-refractivity contribution in [3.63, 3.8) is 0 Å². The van der Waals surface area contributed by atoms with E-state index in [0.717, 1.165) is 29.8 Å². The zero-order chi connectivity index (χ0) is 10.8. The molecule has 0 bridgehead atoms. The largest absolute Gasteiger partial charge is 0.440 e. The molecule has 82 valence electrons. The number of nitrogens with two attached hydrogens (primary N) is 1. The third kappa shape index (κ3) is 1.21. The van der Waals surface area contributed by atoms with Crippen molar-refractivity contribution in [1.29, 1.82) is 0 Å². The van der Waals surface area contributed by atoms with Gasteiger partial charge in [-0.05, 0) is 43.4 Å². The van der Waals surface area contributed by atoms with E-state index in [2.05, 4.69) is 17.1 Å². The minimum Gasteiger partial charge on any atom is -0.440 e. The van der Waals surface area contributed by atoms with Gasteiger partial charge in [-0.15, -0.1) is 0 Å². The molecule has 16 heavy (non-hydrogen) atoms. The molecule has 0 amide bonds. The molecule has 0 atom stereocenters. The van der Waals surface area contributed by atoms with Crippen molar-refractivity contribution in [3.8, 4) is 0 Å². The Bertz CT molecular complexity index is 564. The number of nitrogens with zero attached hydrogens (tertiary/aromatic N) is 1. The molecular weight excluding hydrogens is 200 g/mol. The Morgan fingerprint density at radius 1 is 1.31 bits per heavy atom. The molecule has 2 N–H and O–H groups in total. The van der Waals surface area contributed by atoms with Gasteiger partial charge in [0, 0.05) is 11.5 Å². The highest BCUT2D eigenvalue weighted by atomic mass is 16.3. The second-order valence-corrected chi connectivity index (χ2v) is 5.17. The van der Waals surface area contributed by atoms with E-state index in [1.54, 1.807) is 0 Å². The van der Waals surface area contributed by atoms with Crippen LogP contribution in [0, 0.1) is 0 Å². The molecule has 2 aliphatic carbocycles. The van der Waals surface area contributed by atoms with Crippen molar-refractivity contribution in [1.82, 2.24) is 4.98 Å². The van der Waals surface area contributed by atoms with Crippen LogP contribution in [0.15, 0.2) is 22.6 Å². The molecule has 0 aliphatic heterocycles. The Hall–Kier alpha value is -1.35. The number of fused-ring (bicyclic) bond motifs is 1. The molecule has 0 spiro atoms. The van der Waals surface area contributed by atoms with Crippen LogP contribution in [0.25, 0.3) is 11.1 Å². The lowest BCUT2D eigenvalue weighted by Crippen LogP contribution is -2.18. The van der Waals surface area contributed by atoms with E-state index in [-0.39, 0.29) is 5.54 Å². The van der Waals surface area contributed by atoms with Crippen molar-refractivity contribution in [2.75, 3.05) is 0 Å². The highest BCUT2D eigenvalue weighted by Crippen LogP contribution is 2.44. The summed E-state index contributed by atoms with van der Waals surface area (Å²) in [6.07, 6.45) is 4.62. The van der Waals surface area contributed by atoms with Gasteiger partial charge in [-0.2, -0.15) is 0 Å². The van der Waals surface area contributed by atoms with E-state index in [1.807, 2.05) is 6.07 Å². The number of oxazole rings is 1. The average molecular weight is 214 g/mol. The molecule has 1 heterocycles. The SMILES string of the molecule is NC1(c2ccc3oc(C4CC4)nc3c2)CC1. The molecule has 2 fully saturated rings. The maximum Gasteiger partial charge on any atom is 0.198 e. The Morgan fingerprint density at radius 3 is 2.81 bits per heavy atom. The van der Waals surface area contributed by atoms with Gasteiger partial charge in [0.25, 0.3) is 0 Å². The molecular formula is C13H14N2O. The van der Waals surface area contributed by atoms with Crippen LogP contribution in [-0.2, 0) is 5.54 Å². The monoisotopic (exact) mass is 214 g/mol. The first-order valence-corrected chi connectivity index (χ1v) is 5.94. The lowest BCUT2D eigenvalue weighted by atomic mass is 10.1. The number of aromatic nitrogens is 1. The van der Waals surface area contributed by atoms with Crippen LogP contribution in [0.3, 0.4) is 0 Å². The van der Waals surface area contributed by atoms with Gasteiger partial charge in [0.05, 0.1) is 0 Å². The van der Waals surface area contributed by atoms with Gasteiger partial charge in [-0.1, -0.05) is 6.07 Å². The molecule has 2 aromatic rings. The maximum atomic E-state index is 6.18. The first-order valence-electron chi connectivity index (χ1n) is 5.94. The predicted molar refractivity (Wildman–Crippen MR) is 61.1 cm³/mol. The standard InChI is InChI=1S/C13H14N2O/c14-13(5-6-13)9-3-4-11-10(7-9)15-12(16-11)8-1-2-8/h3-4,7-8H,1-2,5-6,14H2. The summed E-state index contributed by atoms with van der Waals surface area (Å²) in [4.78, 5) is 4.55. The highest BCUT2D eigenvalue weighted by molar-refractivity contribution is 5.74. The fourth-order valence-corrected chi connectivity index (χ4v) is 2.18. The Morgan fingerprint density at radius 2 is 2.12 bits per heavy atom. The summed E-state index contributed by atoms with van der Waals surface area (Å²) < 4.78 is 5.73. The lowest BCUT2D eigenvalue weighted by Gasteiger charge is -2.07. The third-order valence-corrected chi connectivity index (χ3v) is 3.69. The molecule has 4 rings (SSSR count). The molecule has 3 nitrogen and oxygen atoms in total. The van der Waals surface area contributed by atoms with Gasteiger partial charge < -0.3 is 10.2 Å². The Balaban J connectivity index is 1.84. The maximum absolute atomic E-state index is 6.18. The van der Waals surface area contributed by atoms with Crippen molar-refractivity contribution >= 4 is 11.1 Å². The molecule has 0 unspecified atom stereocenters. The summed E-state index contributed by atoms with van der Waals surface area (Å²) in [5, 5.41) is 0. The van der Waals surface area contributed by atoms with Crippen LogP contribution >= 0.6 is 0 Å². The van der Waals surface area contributed by atoms with Gasteiger partial charge in [0.2, 0.25) is 0 Å². The van der Waals surface area contributed by atoms with Gasteiger partial charge in [-0.25, -0.2) is 4.98 Å². The minimum absolute atomic E-state index is 0.0765. The third-order valence-electron chi connectivity index (χ3n) is 3.69. The van der Waals surface area contributed by atoms with Gasteiger partial charge in [0.15, 0.2) is 11.5 Å². The van der Waals surface area contributed by atoms with Crippen molar-refractivity contribution in [2.45, 2.75) is 37.1 Å². The van der Waals surface area contributed by atoms with Crippen molar-refractivity contribution in [3.05, 3.63) is 29.7 Å². The minimum atomic E-state index is -0.0765. The molecule has 1 aromatic heterocycles. The van der Waals surface area contributed by atoms with Crippen LogP contribution in [0.4, 0.5) is 0 Å². The van der Waals surface area contributed by atoms with E-state index in [4.69, 9.17) is 10.2 Å². The van der Waals surface area contributed by atoms with Gasteiger partial charge in [-0.3, -0.25) is 0 Å².